The Kier molecular flexibility index (Phi) is 3.22. The van der Waals surface area contributed by atoms with Gasteiger partial charge in [-0.1, -0.05) is 6.07 Å². The number of rotatable bonds is 3. The van der Waals surface area contributed by atoms with E-state index in [9.17, 15) is 5.11 Å². The maximum absolute atomic E-state index is 9.76. The van der Waals surface area contributed by atoms with E-state index in [0.29, 0.717) is 11.5 Å². The predicted molar refractivity (Wildman–Crippen MR) is 82.8 cm³/mol. The molecule has 4 nitrogen and oxygen atoms in total. The van der Waals surface area contributed by atoms with E-state index in [1.807, 2.05) is 24.3 Å². The first kappa shape index (κ1) is 13.4. The van der Waals surface area contributed by atoms with Gasteiger partial charge in [-0.15, -0.1) is 0 Å². The second-order valence-corrected chi connectivity index (χ2v) is 4.74. The molecule has 0 aromatic heterocycles. The van der Waals surface area contributed by atoms with E-state index in [4.69, 9.17) is 14.2 Å². The van der Waals surface area contributed by atoms with Crippen LogP contribution in [0.5, 0.6) is 23.0 Å². The van der Waals surface area contributed by atoms with Crippen LogP contribution in [0.4, 0.5) is 0 Å². The molecular weight excluding hydrogens is 268 g/mol. The van der Waals surface area contributed by atoms with Gasteiger partial charge in [0.05, 0.1) is 21.3 Å². The SMILES string of the molecule is COc1cc2c(OC)cc3ccc(O)cc3c2cc1OC. The van der Waals surface area contributed by atoms with E-state index in [1.54, 1.807) is 33.5 Å². The van der Waals surface area contributed by atoms with E-state index in [-0.39, 0.29) is 5.75 Å². The lowest BCUT2D eigenvalue weighted by molar-refractivity contribution is 0.355. The monoisotopic (exact) mass is 284 g/mol. The minimum atomic E-state index is 0.226. The van der Waals surface area contributed by atoms with Crippen molar-refractivity contribution in [1.82, 2.24) is 0 Å². The number of aromatic hydroxyl groups is 1. The number of fused-ring (bicyclic) bond motifs is 3. The fourth-order valence-electron chi connectivity index (χ4n) is 2.60. The van der Waals surface area contributed by atoms with Crippen molar-refractivity contribution in [3.63, 3.8) is 0 Å². The zero-order valence-electron chi connectivity index (χ0n) is 12.1. The fourth-order valence-corrected chi connectivity index (χ4v) is 2.60. The Bertz CT molecular complexity index is 824. The topological polar surface area (TPSA) is 47.9 Å². The largest absolute Gasteiger partial charge is 0.508 e. The maximum Gasteiger partial charge on any atom is 0.161 e. The Morgan fingerprint density at radius 1 is 0.667 bits per heavy atom. The Labute approximate surface area is 122 Å². The van der Waals surface area contributed by atoms with Crippen molar-refractivity contribution in [2.24, 2.45) is 0 Å². The van der Waals surface area contributed by atoms with Gasteiger partial charge in [-0.2, -0.15) is 0 Å². The highest BCUT2D eigenvalue weighted by molar-refractivity contribution is 6.11. The van der Waals surface area contributed by atoms with Gasteiger partial charge in [0.15, 0.2) is 11.5 Å². The van der Waals surface area contributed by atoms with Gasteiger partial charge >= 0.3 is 0 Å². The van der Waals surface area contributed by atoms with E-state index < -0.39 is 0 Å². The van der Waals surface area contributed by atoms with Crippen LogP contribution in [0.3, 0.4) is 0 Å². The highest BCUT2D eigenvalue weighted by atomic mass is 16.5. The molecule has 0 bridgehead atoms. The summed E-state index contributed by atoms with van der Waals surface area (Å²) in [5.41, 5.74) is 0. The maximum atomic E-state index is 9.76. The molecule has 21 heavy (non-hydrogen) atoms. The molecule has 0 radical (unpaired) electrons. The average molecular weight is 284 g/mol. The molecule has 0 atom stereocenters. The zero-order chi connectivity index (χ0) is 15.0. The summed E-state index contributed by atoms with van der Waals surface area (Å²) in [5, 5.41) is 13.5. The highest BCUT2D eigenvalue weighted by Crippen LogP contribution is 2.41. The Morgan fingerprint density at radius 3 is 1.90 bits per heavy atom. The van der Waals surface area contributed by atoms with Crippen LogP contribution < -0.4 is 14.2 Å². The van der Waals surface area contributed by atoms with Crippen molar-refractivity contribution in [1.29, 1.82) is 0 Å². The first-order valence-electron chi connectivity index (χ1n) is 6.53. The number of benzene rings is 3. The van der Waals surface area contributed by atoms with Gasteiger partial charge in [0, 0.05) is 5.39 Å². The van der Waals surface area contributed by atoms with Crippen molar-refractivity contribution >= 4 is 21.5 Å². The van der Waals surface area contributed by atoms with Crippen molar-refractivity contribution in [2.75, 3.05) is 21.3 Å². The molecule has 0 spiro atoms. The fraction of sp³-hybridized carbons (Fsp3) is 0.176. The lowest BCUT2D eigenvalue weighted by Gasteiger charge is -2.14. The summed E-state index contributed by atoms with van der Waals surface area (Å²) in [7, 11) is 4.84. The molecule has 0 aliphatic heterocycles. The first-order chi connectivity index (χ1) is 10.2. The highest BCUT2D eigenvalue weighted by Gasteiger charge is 2.13. The normalized spacial score (nSPS) is 10.8. The molecule has 4 heteroatoms. The van der Waals surface area contributed by atoms with Crippen molar-refractivity contribution in [2.45, 2.75) is 0 Å². The summed E-state index contributed by atoms with van der Waals surface area (Å²) < 4.78 is 16.2. The van der Waals surface area contributed by atoms with Crippen LogP contribution in [0.2, 0.25) is 0 Å². The Balaban J connectivity index is 2.49. The van der Waals surface area contributed by atoms with Crippen molar-refractivity contribution in [3.05, 3.63) is 36.4 Å². The van der Waals surface area contributed by atoms with Crippen LogP contribution in [-0.4, -0.2) is 26.4 Å². The minimum absolute atomic E-state index is 0.226. The van der Waals surface area contributed by atoms with Crippen LogP contribution in [0.25, 0.3) is 21.5 Å². The van der Waals surface area contributed by atoms with Crippen LogP contribution in [-0.2, 0) is 0 Å². The molecule has 108 valence electrons. The predicted octanol–water partition coefficient (Wildman–Crippen LogP) is 3.72. The summed E-state index contributed by atoms with van der Waals surface area (Å²) in [5.74, 6) is 2.26. The third-order valence-corrected chi connectivity index (χ3v) is 3.62. The molecule has 0 saturated heterocycles. The molecule has 0 unspecified atom stereocenters. The lowest BCUT2D eigenvalue weighted by atomic mass is 10.00. The van der Waals surface area contributed by atoms with Gasteiger partial charge in [-0.25, -0.2) is 0 Å². The van der Waals surface area contributed by atoms with Gasteiger partial charge < -0.3 is 19.3 Å². The first-order valence-corrected chi connectivity index (χ1v) is 6.53. The molecule has 0 aliphatic rings. The molecule has 0 heterocycles. The number of ether oxygens (including phenoxy) is 3. The van der Waals surface area contributed by atoms with Crippen LogP contribution in [0.15, 0.2) is 36.4 Å². The van der Waals surface area contributed by atoms with E-state index in [1.165, 1.54) is 0 Å². The minimum Gasteiger partial charge on any atom is -0.508 e. The molecule has 3 rings (SSSR count). The number of methoxy groups -OCH3 is 3. The van der Waals surface area contributed by atoms with Gasteiger partial charge in [-0.3, -0.25) is 0 Å². The Morgan fingerprint density at radius 2 is 1.29 bits per heavy atom. The van der Waals surface area contributed by atoms with Crippen LogP contribution in [0.1, 0.15) is 0 Å². The smallest absolute Gasteiger partial charge is 0.161 e. The molecular formula is C17H16O4. The second-order valence-electron chi connectivity index (χ2n) is 4.74. The molecule has 1 N–H and O–H groups in total. The van der Waals surface area contributed by atoms with Gasteiger partial charge in [0.2, 0.25) is 0 Å². The number of hydrogen-bond donors (Lipinski definition) is 1. The van der Waals surface area contributed by atoms with Gasteiger partial charge in [-0.05, 0) is 46.5 Å². The standard InChI is InChI=1S/C17H16O4/c1-19-15-6-10-4-5-11(18)7-12(10)13-8-16(20-2)17(21-3)9-14(13)15/h4-9,18H,1-3H3. The summed E-state index contributed by atoms with van der Waals surface area (Å²) in [6.07, 6.45) is 0. The molecule has 0 fully saturated rings. The summed E-state index contributed by atoms with van der Waals surface area (Å²) in [6.45, 7) is 0. The van der Waals surface area contributed by atoms with Crippen molar-refractivity contribution in [3.8, 4) is 23.0 Å². The third-order valence-electron chi connectivity index (χ3n) is 3.62. The van der Waals surface area contributed by atoms with Crippen LogP contribution in [0, 0.1) is 0 Å². The molecule has 0 amide bonds. The quantitative estimate of drug-likeness (QED) is 0.745. The number of phenolic OH excluding ortho intramolecular Hbond substituents is 1. The van der Waals surface area contributed by atoms with E-state index >= 15 is 0 Å². The summed E-state index contributed by atoms with van der Waals surface area (Å²) >= 11 is 0. The van der Waals surface area contributed by atoms with E-state index in [2.05, 4.69) is 0 Å². The number of hydrogen-bond acceptors (Lipinski definition) is 4. The van der Waals surface area contributed by atoms with Gasteiger partial charge in [0.25, 0.3) is 0 Å². The van der Waals surface area contributed by atoms with Gasteiger partial charge in [0.1, 0.15) is 11.5 Å². The molecule has 0 saturated carbocycles. The molecule has 3 aromatic rings. The zero-order valence-corrected chi connectivity index (χ0v) is 12.1. The van der Waals surface area contributed by atoms with Crippen molar-refractivity contribution < 1.29 is 19.3 Å². The summed E-state index contributed by atoms with van der Waals surface area (Å²) in [4.78, 5) is 0. The Hall–Kier alpha value is -2.62. The second kappa shape index (κ2) is 5.05. The number of phenols is 1. The third kappa shape index (κ3) is 2.09. The lowest BCUT2D eigenvalue weighted by Crippen LogP contribution is -1.93. The van der Waals surface area contributed by atoms with E-state index in [0.717, 1.165) is 27.3 Å². The van der Waals surface area contributed by atoms with Crippen LogP contribution >= 0.6 is 0 Å². The molecule has 0 aliphatic carbocycles. The summed E-state index contributed by atoms with van der Waals surface area (Å²) in [6, 6.07) is 11.0. The average Bonchev–Trinajstić information content (AvgIpc) is 2.52. The molecule has 3 aromatic carbocycles.